The lowest BCUT2D eigenvalue weighted by molar-refractivity contribution is -0.617. The van der Waals surface area contributed by atoms with Crippen molar-refractivity contribution in [1.29, 1.82) is 0 Å². The van der Waals surface area contributed by atoms with Gasteiger partial charge in [0.2, 0.25) is 0 Å². The van der Waals surface area contributed by atoms with Crippen molar-refractivity contribution >= 4 is 15.9 Å². The van der Waals surface area contributed by atoms with Crippen LogP contribution < -0.4 is 9.47 Å². The molecule has 0 unspecified atom stereocenters. The number of hydrogen-bond donors (Lipinski definition) is 0. The van der Waals surface area contributed by atoms with Crippen LogP contribution in [0.3, 0.4) is 0 Å². The maximum atomic E-state index is 10.8. The van der Waals surface area contributed by atoms with E-state index in [1.165, 1.54) is 13.3 Å². The molecule has 0 N–H and O–H groups in total. The van der Waals surface area contributed by atoms with E-state index < -0.39 is 0 Å². The highest BCUT2D eigenvalue weighted by Gasteiger charge is 2.06. The molecule has 0 aromatic carbocycles. The van der Waals surface area contributed by atoms with E-state index in [2.05, 4.69) is 15.9 Å². The van der Waals surface area contributed by atoms with Crippen LogP contribution in [-0.2, 0) is 0 Å². The summed E-state index contributed by atoms with van der Waals surface area (Å²) in [7, 11) is 1.51. The maximum Gasteiger partial charge on any atom is 0.301 e. The van der Waals surface area contributed by atoms with Gasteiger partial charge in [-0.25, -0.2) is 0 Å². The van der Waals surface area contributed by atoms with Crippen LogP contribution in [0.1, 0.15) is 0 Å². The van der Waals surface area contributed by atoms with Crippen molar-refractivity contribution < 1.29 is 9.47 Å². The zero-order valence-corrected chi connectivity index (χ0v) is 6.96. The first-order valence-corrected chi connectivity index (χ1v) is 3.46. The molecule has 0 aliphatic carbocycles. The van der Waals surface area contributed by atoms with E-state index in [1.807, 2.05) is 0 Å². The summed E-state index contributed by atoms with van der Waals surface area (Å²) < 4.78 is 5.95. The number of methoxy groups -OCH3 is 1. The van der Waals surface area contributed by atoms with Crippen LogP contribution in [0.25, 0.3) is 0 Å². The standard InChI is InChI=1S/C6H6BrNO2/c1-10-5-3-2-4-8(9)6(5)7/h2-4H,1H3. The lowest BCUT2D eigenvalue weighted by Gasteiger charge is -2.01. The molecule has 10 heavy (non-hydrogen) atoms. The second kappa shape index (κ2) is 2.88. The molecular formula is C6H6BrNO2. The van der Waals surface area contributed by atoms with Gasteiger partial charge in [0.1, 0.15) is 0 Å². The van der Waals surface area contributed by atoms with Gasteiger partial charge in [0.15, 0.2) is 11.9 Å². The van der Waals surface area contributed by atoms with Gasteiger partial charge in [-0.2, -0.15) is 4.73 Å². The second-order valence-corrected chi connectivity index (χ2v) is 2.44. The van der Waals surface area contributed by atoms with Gasteiger partial charge < -0.3 is 9.94 Å². The van der Waals surface area contributed by atoms with Crippen LogP contribution in [0.5, 0.6) is 5.75 Å². The molecule has 3 nitrogen and oxygen atoms in total. The monoisotopic (exact) mass is 203 g/mol. The topological polar surface area (TPSA) is 36.2 Å². The Bertz CT molecular complexity index is 239. The fraction of sp³-hybridized carbons (Fsp3) is 0.167. The quantitative estimate of drug-likeness (QED) is 0.390. The van der Waals surface area contributed by atoms with Crippen molar-refractivity contribution in [2.24, 2.45) is 0 Å². The third-order valence-corrected chi connectivity index (χ3v) is 1.83. The Balaban J connectivity index is 3.14. The van der Waals surface area contributed by atoms with Crippen LogP contribution in [0, 0.1) is 5.21 Å². The predicted octanol–water partition coefficient (Wildman–Crippen LogP) is 1.09. The van der Waals surface area contributed by atoms with Gasteiger partial charge in [-0.05, 0) is 6.07 Å². The molecule has 0 aliphatic heterocycles. The average Bonchev–Trinajstić information content (AvgIpc) is 1.95. The van der Waals surface area contributed by atoms with Gasteiger partial charge in [-0.3, -0.25) is 0 Å². The predicted molar refractivity (Wildman–Crippen MR) is 39.7 cm³/mol. The molecule has 0 saturated carbocycles. The minimum absolute atomic E-state index is 0.400. The van der Waals surface area contributed by atoms with Gasteiger partial charge in [0.25, 0.3) is 0 Å². The van der Waals surface area contributed by atoms with Gasteiger partial charge in [0.05, 0.1) is 7.11 Å². The molecule has 0 amide bonds. The van der Waals surface area contributed by atoms with Crippen molar-refractivity contribution in [2.45, 2.75) is 0 Å². The third-order valence-electron chi connectivity index (χ3n) is 1.09. The first-order valence-electron chi connectivity index (χ1n) is 2.67. The van der Waals surface area contributed by atoms with E-state index in [4.69, 9.17) is 4.74 Å². The van der Waals surface area contributed by atoms with Crippen LogP contribution >= 0.6 is 15.9 Å². The molecule has 1 aromatic rings. The van der Waals surface area contributed by atoms with Crippen molar-refractivity contribution in [3.63, 3.8) is 0 Å². The van der Waals surface area contributed by atoms with Crippen molar-refractivity contribution in [2.75, 3.05) is 7.11 Å². The van der Waals surface area contributed by atoms with Gasteiger partial charge in [0, 0.05) is 22.0 Å². The second-order valence-electron chi connectivity index (χ2n) is 1.69. The molecule has 0 spiro atoms. The first kappa shape index (κ1) is 7.34. The number of halogens is 1. The number of nitrogens with zero attached hydrogens (tertiary/aromatic N) is 1. The van der Waals surface area contributed by atoms with Crippen LogP contribution in [-0.4, -0.2) is 7.11 Å². The van der Waals surface area contributed by atoms with Crippen LogP contribution in [0.15, 0.2) is 22.9 Å². The van der Waals surface area contributed by atoms with Crippen molar-refractivity contribution in [3.8, 4) is 5.75 Å². The zero-order chi connectivity index (χ0) is 7.56. The SMILES string of the molecule is COc1ccc[n+]([O-])c1Br. The Morgan fingerprint density at radius 3 is 2.90 bits per heavy atom. The molecule has 4 heteroatoms. The smallest absolute Gasteiger partial charge is 0.301 e. The summed E-state index contributed by atoms with van der Waals surface area (Å²) >= 11 is 3.07. The molecule has 0 aliphatic rings. The summed E-state index contributed by atoms with van der Waals surface area (Å²) in [5.41, 5.74) is 0. The summed E-state index contributed by atoms with van der Waals surface area (Å²) in [5.74, 6) is 0.539. The molecule has 1 heterocycles. The molecule has 54 valence electrons. The summed E-state index contributed by atoms with van der Waals surface area (Å²) in [6.07, 6.45) is 1.40. The third kappa shape index (κ3) is 1.21. The Hall–Kier alpha value is -0.770. The van der Waals surface area contributed by atoms with Crippen LogP contribution in [0.4, 0.5) is 0 Å². The Morgan fingerprint density at radius 1 is 1.70 bits per heavy atom. The number of hydrogen-bond acceptors (Lipinski definition) is 2. The van der Waals surface area contributed by atoms with Gasteiger partial charge >= 0.3 is 4.60 Å². The summed E-state index contributed by atoms with van der Waals surface area (Å²) in [6.45, 7) is 0. The molecule has 1 aromatic heterocycles. The van der Waals surface area contributed by atoms with Gasteiger partial charge in [-0.15, -0.1) is 0 Å². The lowest BCUT2D eigenvalue weighted by Crippen LogP contribution is -2.26. The van der Waals surface area contributed by atoms with Gasteiger partial charge in [-0.1, -0.05) is 0 Å². The number of rotatable bonds is 1. The number of pyridine rings is 1. The van der Waals surface area contributed by atoms with E-state index in [1.54, 1.807) is 12.1 Å². The van der Waals surface area contributed by atoms with E-state index in [0.717, 1.165) is 0 Å². The molecule has 0 fully saturated rings. The first-order chi connectivity index (χ1) is 4.75. The minimum Gasteiger partial charge on any atom is -0.618 e. The lowest BCUT2D eigenvalue weighted by atomic mass is 10.5. The van der Waals surface area contributed by atoms with E-state index in [0.29, 0.717) is 15.1 Å². The Kier molecular flexibility index (Phi) is 2.11. The Labute approximate surface area is 67.0 Å². The molecule has 0 radical (unpaired) electrons. The van der Waals surface area contributed by atoms with E-state index in [9.17, 15) is 5.21 Å². The minimum atomic E-state index is 0.400. The molecule has 0 bridgehead atoms. The maximum absolute atomic E-state index is 10.8. The number of ether oxygens (including phenoxy) is 1. The summed E-state index contributed by atoms with van der Waals surface area (Å²) in [4.78, 5) is 0. The van der Waals surface area contributed by atoms with E-state index >= 15 is 0 Å². The van der Waals surface area contributed by atoms with E-state index in [-0.39, 0.29) is 0 Å². The fourth-order valence-corrected chi connectivity index (χ4v) is 1.02. The highest BCUT2D eigenvalue weighted by Crippen LogP contribution is 2.18. The largest absolute Gasteiger partial charge is 0.618 e. The van der Waals surface area contributed by atoms with Crippen LogP contribution in [0.2, 0.25) is 0 Å². The molecule has 1 rings (SSSR count). The molecule has 0 atom stereocenters. The normalized spacial score (nSPS) is 9.40. The summed E-state index contributed by atoms with van der Waals surface area (Å²) in [5, 5.41) is 10.8. The molecule has 0 saturated heterocycles. The average molecular weight is 204 g/mol. The van der Waals surface area contributed by atoms with Crippen molar-refractivity contribution in [1.82, 2.24) is 0 Å². The zero-order valence-electron chi connectivity index (χ0n) is 5.37. The molecular weight excluding hydrogens is 198 g/mol. The fourth-order valence-electron chi connectivity index (χ4n) is 0.604. The highest BCUT2D eigenvalue weighted by molar-refractivity contribution is 9.10. The number of aromatic nitrogens is 1. The van der Waals surface area contributed by atoms with Crippen molar-refractivity contribution in [3.05, 3.63) is 28.1 Å². The summed E-state index contributed by atoms with van der Waals surface area (Å²) in [6, 6.07) is 3.33. The highest BCUT2D eigenvalue weighted by atomic mass is 79.9. The Morgan fingerprint density at radius 2 is 2.40 bits per heavy atom.